The molecule has 1 N–H and O–H groups in total. The molecule has 0 radical (unpaired) electrons. The monoisotopic (exact) mass is 525 g/mol. The van der Waals surface area contributed by atoms with Crippen molar-refractivity contribution >= 4 is 17.7 Å². The van der Waals surface area contributed by atoms with Crippen LogP contribution in [0.1, 0.15) is 80.2 Å². The fourth-order valence-electron chi connectivity index (χ4n) is 6.31. The highest BCUT2D eigenvalue weighted by Crippen LogP contribution is 2.49. The molecule has 2 saturated carbocycles. The largest absolute Gasteiger partial charge is 0.396 e. The first-order valence-corrected chi connectivity index (χ1v) is 14.4. The number of nitriles is 1. The van der Waals surface area contributed by atoms with Gasteiger partial charge in [0.05, 0.1) is 23.1 Å². The minimum Gasteiger partial charge on any atom is -0.396 e. The Morgan fingerprint density at radius 3 is 2.74 bits per heavy atom. The molecular weight excluding hydrogens is 486 g/mol. The van der Waals surface area contributed by atoms with E-state index in [4.69, 9.17) is 10.1 Å². The highest BCUT2D eigenvalue weighted by molar-refractivity contribution is 5.89. The van der Waals surface area contributed by atoms with Crippen LogP contribution in [0.5, 0.6) is 0 Å². The molecule has 3 fully saturated rings. The van der Waals surface area contributed by atoms with Crippen molar-refractivity contribution < 1.29 is 9.90 Å². The number of allylic oxidation sites excluding steroid dienone is 1. The van der Waals surface area contributed by atoms with Gasteiger partial charge in [0.15, 0.2) is 5.78 Å². The van der Waals surface area contributed by atoms with Crippen LogP contribution >= 0.6 is 0 Å². The maximum atomic E-state index is 12.7. The summed E-state index contributed by atoms with van der Waals surface area (Å²) in [5, 5.41) is 28.0. The Hall–Kier alpha value is -3.37. The van der Waals surface area contributed by atoms with E-state index in [0.717, 1.165) is 66.2 Å². The van der Waals surface area contributed by atoms with Crippen molar-refractivity contribution in [3.05, 3.63) is 53.4 Å². The lowest BCUT2D eigenvalue weighted by atomic mass is 9.77. The summed E-state index contributed by atoms with van der Waals surface area (Å²) in [6, 6.07) is 4.47. The number of carbonyl (C=O) groups excluding carboxylic acids is 1. The lowest BCUT2D eigenvalue weighted by Gasteiger charge is -2.30. The maximum Gasteiger partial charge on any atom is 0.155 e. The number of pyridine rings is 1. The molecule has 7 nitrogen and oxygen atoms in total. The van der Waals surface area contributed by atoms with Gasteiger partial charge in [-0.1, -0.05) is 25.7 Å². The molecule has 2 aromatic heterocycles. The van der Waals surface area contributed by atoms with Crippen molar-refractivity contribution in [2.45, 2.75) is 64.7 Å². The smallest absolute Gasteiger partial charge is 0.155 e. The number of hydrogen-bond acceptors (Lipinski definition) is 7. The van der Waals surface area contributed by atoms with Crippen molar-refractivity contribution in [1.29, 1.82) is 5.26 Å². The average molecular weight is 526 g/mol. The molecule has 2 aromatic rings. The second-order valence-corrected chi connectivity index (χ2v) is 11.6. The van der Waals surface area contributed by atoms with Crippen LogP contribution in [0, 0.1) is 41.9 Å². The molecule has 39 heavy (non-hydrogen) atoms. The van der Waals surface area contributed by atoms with Gasteiger partial charge in [0.1, 0.15) is 11.9 Å². The third kappa shape index (κ3) is 5.96. The molecule has 0 spiro atoms. The normalized spacial score (nSPS) is 23.4. The quantitative estimate of drug-likeness (QED) is 0.401. The molecule has 3 heterocycles. The van der Waals surface area contributed by atoms with Gasteiger partial charge in [-0.25, -0.2) is 4.98 Å². The fraction of sp³-hybridized carbons (Fsp3) is 0.531. The Labute approximate surface area is 231 Å². The van der Waals surface area contributed by atoms with Gasteiger partial charge in [-0.2, -0.15) is 15.5 Å². The molecule has 1 aliphatic heterocycles. The number of aromatic nitrogens is 3. The van der Waals surface area contributed by atoms with Gasteiger partial charge >= 0.3 is 0 Å². The maximum absolute atomic E-state index is 12.7. The van der Waals surface area contributed by atoms with E-state index in [1.807, 2.05) is 13.0 Å². The van der Waals surface area contributed by atoms with Crippen molar-refractivity contribution in [3.8, 4) is 17.3 Å². The van der Waals surface area contributed by atoms with Crippen LogP contribution in [0.25, 0.3) is 17.3 Å². The molecule has 3 aliphatic rings. The van der Waals surface area contributed by atoms with E-state index in [-0.39, 0.29) is 18.3 Å². The van der Waals surface area contributed by atoms with E-state index in [1.54, 1.807) is 24.4 Å². The fourth-order valence-corrected chi connectivity index (χ4v) is 6.31. The van der Waals surface area contributed by atoms with Crippen molar-refractivity contribution in [2.24, 2.45) is 23.7 Å². The highest BCUT2D eigenvalue weighted by atomic mass is 16.2. The van der Waals surface area contributed by atoms with E-state index in [1.165, 1.54) is 12.8 Å². The number of hydrogen-bond donors (Lipinski definition) is 1. The van der Waals surface area contributed by atoms with Crippen LogP contribution in [0.3, 0.4) is 0 Å². The van der Waals surface area contributed by atoms with Crippen LogP contribution < -0.4 is 4.90 Å². The van der Waals surface area contributed by atoms with Crippen LogP contribution in [0.15, 0.2) is 31.0 Å². The third-order valence-corrected chi connectivity index (χ3v) is 8.91. The minimum atomic E-state index is 0.0594. The van der Waals surface area contributed by atoms with Gasteiger partial charge in [-0.3, -0.25) is 4.79 Å². The first kappa shape index (κ1) is 27.2. The van der Waals surface area contributed by atoms with Crippen molar-refractivity contribution in [2.75, 3.05) is 24.6 Å². The van der Waals surface area contributed by atoms with E-state index in [2.05, 4.69) is 34.7 Å². The molecule has 2 aliphatic carbocycles. The Bertz CT molecular complexity index is 1300. The van der Waals surface area contributed by atoms with Crippen molar-refractivity contribution in [1.82, 2.24) is 15.2 Å². The van der Waals surface area contributed by atoms with Gasteiger partial charge in [-0.05, 0) is 92.4 Å². The van der Waals surface area contributed by atoms with Gasteiger partial charge in [0.25, 0.3) is 0 Å². The number of nitrogens with zero attached hydrogens (tertiary/aromatic N) is 5. The number of aliphatic hydroxyl groups excluding tert-OH is 1. The topological polar surface area (TPSA) is 103 Å². The molecule has 3 atom stereocenters. The third-order valence-electron chi connectivity index (χ3n) is 8.91. The van der Waals surface area contributed by atoms with E-state index < -0.39 is 0 Å². The molecule has 7 heteroatoms. The van der Waals surface area contributed by atoms with E-state index in [0.29, 0.717) is 42.1 Å². The van der Waals surface area contributed by atoms with Gasteiger partial charge < -0.3 is 10.0 Å². The van der Waals surface area contributed by atoms with Crippen LogP contribution in [-0.4, -0.2) is 45.8 Å². The number of carbonyl (C=O) groups is 1. The first-order valence-electron chi connectivity index (χ1n) is 14.4. The Morgan fingerprint density at radius 1 is 1.28 bits per heavy atom. The molecule has 0 amide bonds. The molecular formula is C32H39N5O2. The summed E-state index contributed by atoms with van der Waals surface area (Å²) >= 11 is 0. The summed E-state index contributed by atoms with van der Waals surface area (Å²) in [5.74, 6) is 3.16. The second-order valence-electron chi connectivity index (χ2n) is 11.6. The average Bonchev–Trinajstić information content (AvgIpc) is 3.84. The molecule has 1 saturated heterocycles. The lowest BCUT2D eigenvalue weighted by Crippen LogP contribution is -2.33. The molecule has 0 bridgehead atoms. The predicted molar refractivity (Wildman–Crippen MR) is 153 cm³/mol. The number of rotatable bonds is 10. The summed E-state index contributed by atoms with van der Waals surface area (Å²) in [6.45, 7) is 9.92. The minimum absolute atomic E-state index is 0.0594. The molecule has 3 unspecified atom stereocenters. The number of anilines is 1. The first-order chi connectivity index (χ1) is 18.9. The van der Waals surface area contributed by atoms with Crippen molar-refractivity contribution in [3.63, 3.8) is 0 Å². The van der Waals surface area contributed by atoms with Crippen LogP contribution in [0.2, 0.25) is 0 Å². The number of aliphatic hydroxyl groups is 1. The van der Waals surface area contributed by atoms with Crippen LogP contribution in [-0.2, 0) is 4.79 Å². The second kappa shape index (κ2) is 11.8. The van der Waals surface area contributed by atoms with Gasteiger partial charge in [0, 0.05) is 37.6 Å². The standard InChI is InChI=1S/C32H39N5O2/c1-4-22-15-29(36-34-18-22)30-21(3)27(17-33)32(35-31(30)24-10-11-24)37-13-12-25(16-26(39)7-5-6-14-38)20(2)28(19-37)23-8-9-23/h4-5,7,15,18,20,23-25,28,38H,1,6,8-14,16,19H2,2-3H3. The molecule has 204 valence electrons. The SMILES string of the molecule is C=Cc1cnnc(-c2c(C3CC3)nc(N3CCC(CC(=O)C=CCCO)C(C)C(C4CC4)C3)c(C#N)c2C)c1. The van der Waals surface area contributed by atoms with E-state index in [9.17, 15) is 10.1 Å². The summed E-state index contributed by atoms with van der Waals surface area (Å²) in [7, 11) is 0. The summed E-state index contributed by atoms with van der Waals surface area (Å²) in [5.41, 5.74) is 5.14. The zero-order chi connectivity index (χ0) is 27.5. The summed E-state index contributed by atoms with van der Waals surface area (Å²) in [4.78, 5) is 20.3. The van der Waals surface area contributed by atoms with Gasteiger partial charge in [0.2, 0.25) is 0 Å². The summed E-state index contributed by atoms with van der Waals surface area (Å²) in [6.07, 6.45) is 13.5. The lowest BCUT2D eigenvalue weighted by molar-refractivity contribution is -0.116. The summed E-state index contributed by atoms with van der Waals surface area (Å²) < 4.78 is 0. The Balaban J connectivity index is 1.50. The highest BCUT2D eigenvalue weighted by Gasteiger charge is 2.42. The van der Waals surface area contributed by atoms with Gasteiger partial charge in [-0.15, -0.1) is 0 Å². The zero-order valence-corrected chi connectivity index (χ0v) is 23.1. The number of ketones is 1. The van der Waals surface area contributed by atoms with E-state index >= 15 is 0 Å². The molecule has 0 aromatic carbocycles. The molecule has 5 rings (SSSR count). The van der Waals surface area contributed by atoms with Crippen LogP contribution in [0.4, 0.5) is 5.82 Å². The Morgan fingerprint density at radius 2 is 2.08 bits per heavy atom. The Kier molecular flexibility index (Phi) is 8.23. The zero-order valence-electron chi connectivity index (χ0n) is 23.1. The predicted octanol–water partition coefficient (Wildman–Crippen LogP) is 5.63.